The van der Waals surface area contributed by atoms with Gasteiger partial charge in [-0.25, -0.2) is 37.3 Å². The molecule has 250 valence electrons. The first-order chi connectivity index (χ1) is 21.4. The summed E-state index contributed by atoms with van der Waals surface area (Å²) in [5, 5.41) is 3.24. The lowest BCUT2D eigenvalue weighted by Crippen LogP contribution is -2.41. The van der Waals surface area contributed by atoms with Gasteiger partial charge in [-0.2, -0.15) is 0 Å². The summed E-state index contributed by atoms with van der Waals surface area (Å²) < 4.78 is 54.2. The fourth-order valence-electron chi connectivity index (χ4n) is 4.72. The van der Waals surface area contributed by atoms with Crippen LogP contribution in [0.2, 0.25) is 0 Å². The quantitative estimate of drug-likeness (QED) is 0.256. The van der Waals surface area contributed by atoms with Gasteiger partial charge in [-0.1, -0.05) is 13.0 Å². The molecular weight excluding hydrogens is 636 g/mol. The zero-order chi connectivity index (χ0) is 33.9. The van der Waals surface area contributed by atoms with E-state index in [2.05, 4.69) is 20.0 Å². The molecule has 0 spiro atoms. The maximum atomic E-state index is 16.0. The highest BCUT2D eigenvalue weighted by Gasteiger charge is 2.31. The molecule has 0 unspecified atom stereocenters. The number of carbonyl (C=O) groups is 2. The molecular formula is C31H41FN6O6S2. The lowest BCUT2D eigenvalue weighted by atomic mass is 9.97. The molecule has 1 aromatic carbocycles. The number of hydrogen-bond donors (Lipinski definition) is 2. The maximum absolute atomic E-state index is 16.0. The number of likely N-dealkylation sites (tertiary alicyclic amines) is 1. The van der Waals surface area contributed by atoms with Crippen molar-refractivity contribution in [2.75, 3.05) is 28.9 Å². The lowest BCUT2D eigenvalue weighted by molar-refractivity contribution is 0.0204. The highest BCUT2D eigenvalue weighted by Crippen LogP contribution is 2.43. The molecule has 3 aromatic rings. The summed E-state index contributed by atoms with van der Waals surface area (Å²) in [6.07, 6.45) is 1.95. The molecule has 15 heteroatoms. The van der Waals surface area contributed by atoms with Gasteiger partial charge in [0.25, 0.3) is 0 Å². The largest absolute Gasteiger partial charge is 0.444 e. The van der Waals surface area contributed by atoms with E-state index in [1.165, 1.54) is 29.7 Å². The molecule has 2 N–H and O–H groups in total. The molecule has 46 heavy (non-hydrogen) atoms. The Bertz CT molecular complexity index is 1680. The van der Waals surface area contributed by atoms with Gasteiger partial charge in [-0.15, -0.1) is 11.3 Å². The Balaban J connectivity index is 1.71. The first-order valence-corrected chi connectivity index (χ1v) is 17.5. The monoisotopic (exact) mass is 676 g/mol. The van der Waals surface area contributed by atoms with Crippen LogP contribution >= 0.6 is 11.3 Å². The van der Waals surface area contributed by atoms with Crippen LogP contribution in [0.1, 0.15) is 78.7 Å². The Morgan fingerprint density at radius 1 is 1.04 bits per heavy atom. The minimum atomic E-state index is -3.76. The number of piperidine rings is 1. The average Bonchev–Trinajstić information content (AvgIpc) is 3.37. The number of anilines is 2. The van der Waals surface area contributed by atoms with Gasteiger partial charge in [0.2, 0.25) is 16.0 Å². The van der Waals surface area contributed by atoms with Gasteiger partial charge in [0, 0.05) is 30.8 Å². The molecule has 1 fully saturated rings. The van der Waals surface area contributed by atoms with Gasteiger partial charge in [0.1, 0.15) is 11.2 Å². The predicted molar refractivity (Wildman–Crippen MR) is 176 cm³/mol. The third kappa shape index (κ3) is 9.34. The summed E-state index contributed by atoms with van der Waals surface area (Å²) in [5.74, 6) is -0.980. The van der Waals surface area contributed by atoms with Crippen molar-refractivity contribution in [2.24, 2.45) is 0 Å². The van der Waals surface area contributed by atoms with Crippen LogP contribution in [0.3, 0.4) is 0 Å². The minimum absolute atomic E-state index is 0.0140. The van der Waals surface area contributed by atoms with Crippen LogP contribution in [0.5, 0.6) is 0 Å². The van der Waals surface area contributed by atoms with E-state index in [0.717, 1.165) is 0 Å². The van der Waals surface area contributed by atoms with Crippen LogP contribution in [0.4, 0.5) is 25.6 Å². The number of halogens is 1. The predicted octanol–water partition coefficient (Wildman–Crippen LogP) is 7.02. The number of amides is 2. The van der Waals surface area contributed by atoms with E-state index >= 15 is 4.39 Å². The van der Waals surface area contributed by atoms with Crippen molar-refractivity contribution < 1.29 is 31.9 Å². The molecule has 4 rings (SSSR count). The van der Waals surface area contributed by atoms with Gasteiger partial charge in [-0.05, 0) is 79.0 Å². The van der Waals surface area contributed by atoms with E-state index in [9.17, 15) is 18.0 Å². The molecule has 1 aliphatic heterocycles. The number of thiazole rings is 1. The van der Waals surface area contributed by atoms with E-state index in [4.69, 9.17) is 14.5 Å². The van der Waals surface area contributed by atoms with Crippen molar-refractivity contribution >= 4 is 45.2 Å². The molecule has 1 saturated heterocycles. The Morgan fingerprint density at radius 3 is 2.35 bits per heavy atom. The number of rotatable bonds is 8. The molecule has 0 bridgehead atoms. The van der Waals surface area contributed by atoms with Crippen LogP contribution in [0.15, 0.2) is 30.5 Å². The zero-order valence-corrected chi connectivity index (χ0v) is 28.8. The number of aromatic nitrogens is 3. The molecule has 0 saturated carbocycles. The number of hydrogen-bond acceptors (Lipinski definition) is 10. The Morgan fingerprint density at radius 2 is 1.72 bits per heavy atom. The number of carbonyl (C=O) groups excluding carboxylic acids is 2. The van der Waals surface area contributed by atoms with Crippen molar-refractivity contribution in [3.63, 3.8) is 0 Å². The van der Waals surface area contributed by atoms with Crippen molar-refractivity contribution in [1.82, 2.24) is 19.9 Å². The number of sulfonamides is 1. The summed E-state index contributed by atoms with van der Waals surface area (Å²) in [6.45, 7) is 13.3. The molecule has 12 nitrogen and oxygen atoms in total. The van der Waals surface area contributed by atoms with Gasteiger partial charge < -0.3 is 14.4 Å². The molecule has 3 heterocycles. The fraction of sp³-hybridized carbons (Fsp3) is 0.516. The van der Waals surface area contributed by atoms with Crippen molar-refractivity contribution in [3.05, 3.63) is 41.3 Å². The molecule has 2 amide bonds. The van der Waals surface area contributed by atoms with Crippen LogP contribution in [-0.2, 0) is 19.5 Å². The lowest BCUT2D eigenvalue weighted by Gasteiger charge is -2.32. The summed E-state index contributed by atoms with van der Waals surface area (Å²) in [7, 11) is -3.76. The third-order valence-electron chi connectivity index (χ3n) is 6.63. The summed E-state index contributed by atoms with van der Waals surface area (Å²) in [4.78, 5) is 40.7. The average molecular weight is 677 g/mol. The topological polar surface area (TPSA) is 153 Å². The first kappa shape index (κ1) is 35.0. The fourth-order valence-corrected chi connectivity index (χ4v) is 7.08. The number of nitrogens with one attached hydrogen (secondary N) is 2. The second-order valence-corrected chi connectivity index (χ2v) is 15.8. The second kappa shape index (κ2) is 13.9. The van der Waals surface area contributed by atoms with Crippen molar-refractivity contribution in [1.29, 1.82) is 0 Å². The van der Waals surface area contributed by atoms with E-state index in [1.807, 2.05) is 20.8 Å². The van der Waals surface area contributed by atoms with E-state index < -0.39 is 33.1 Å². The van der Waals surface area contributed by atoms with Gasteiger partial charge >= 0.3 is 12.2 Å². The van der Waals surface area contributed by atoms with Gasteiger partial charge in [-0.3, -0.25) is 10.0 Å². The second-order valence-electron chi connectivity index (χ2n) is 13.0. The summed E-state index contributed by atoms with van der Waals surface area (Å²) in [5.41, 5.74) is -0.798. The first-order valence-electron chi connectivity index (χ1n) is 15.1. The number of benzene rings is 1. The molecule has 2 aromatic heterocycles. The Hall–Kier alpha value is -3.85. The van der Waals surface area contributed by atoms with Gasteiger partial charge in [0.15, 0.2) is 5.82 Å². The number of ether oxygens (including phenoxy) is 2. The van der Waals surface area contributed by atoms with E-state index in [-0.39, 0.29) is 40.7 Å². The molecule has 0 aliphatic carbocycles. The molecule has 0 atom stereocenters. The maximum Gasteiger partial charge on any atom is 0.414 e. The van der Waals surface area contributed by atoms with Crippen LogP contribution in [0.25, 0.3) is 21.8 Å². The Labute approximate surface area is 273 Å². The van der Waals surface area contributed by atoms with E-state index in [0.29, 0.717) is 47.9 Å². The van der Waals surface area contributed by atoms with Crippen LogP contribution in [-0.4, -0.2) is 70.5 Å². The molecule has 0 radical (unpaired) electrons. The normalized spacial score (nSPS) is 14.6. The highest BCUT2D eigenvalue weighted by atomic mass is 32.2. The summed E-state index contributed by atoms with van der Waals surface area (Å²) >= 11 is 1.32. The smallest absolute Gasteiger partial charge is 0.414 e. The van der Waals surface area contributed by atoms with Crippen LogP contribution in [0, 0.1) is 5.82 Å². The molecule has 1 aliphatic rings. The van der Waals surface area contributed by atoms with E-state index in [1.54, 1.807) is 44.7 Å². The minimum Gasteiger partial charge on any atom is -0.444 e. The van der Waals surface area contributed by atoms with Gasteiger partial charge in [0.05, 0.1) is 32.7 Å². The SMILES string of the molecule is CCCS(=O)(=O)Nc1cccc(-c2nc(C3CCN(C(=O)OC(C)(C)C)CC3)sc2-c2ccnc(NC(=O)OC(C)(C)C)n2)c1F. The summed E-state index contributed by atoms with van der Waals surface area (Å²) in [6, 6.07) is 6.07. The zero-order valence-electron chi connectivity index (χ0n) is 27.1. The standard InChI is InChI=1S/C31H41FN6O6S2/c1-8-18-46(41,42)37-21-11-9-10-20(23(21)32)24-25(22-12-15-33-27(34-22)36-28(39)43-30(2,3)4)45-26(35-24)19-13-16-38(17-14-19)29(40)44-31(5,6)7/h9-12,15,19,37H,8,13-14,16-18H2,1-7H3,(H,33,34,36,39). The Kier molecular flexibility index (Phi) is 10.6. The third-order valence-corrected chi connectivity index (χ3v) is 9.35. The highest BCUT2D eigenvalue weighted by molar-refractivity contribution is 7.92. The van der Waals surface area contributed by atoms with Crippen LogP contribution < -0.4 is 10.0 Å². The van der Waals surface area contributed by atoms with Crippen molar-refractivity contribution in [2.45, 2.75) is 84.8 Å². The number of nitrogens with zero attached hydrogens (tertiary/aromatic N) is 4. The van der Waals surface area contributed by atoms with Crippen molar-refractivity contribution in [3.8, 4) is 21.8 Å².